The molecule has 1 aromatic carbocycles. The number of morpholine rings is 1. The molecule has 4 rings (SSSR count). The van der Waals surface area contributed by atoms with Crippen LogP contribution < -0.4 is 10.2 Å². The molecule has 2 saturated heterocycles. The Balaban J connectivity index is 1.39. The average molecular weight is 445 g/mol. The first-order valence-electron chi connectivity index (χ1n) is 10.7. The van der Waals surface area contributed by atoms with Crippen molar-refractivity contribution in [3.05, 3.63) is 48.2 Å². The van der Waals surface area contributed by atoms with Gasteiger partial charge in [-0.25, -0.2) is 13.4 Å². The average Bonchev–Trinajstić information content (AvgIpc) is 3.10. The van der Waals surface area contributed by atoms with Gasteiger partial charge in [0.05, 0.1) is 30.0 Å². The van der Waals surface area contributed by atoms with Crippen LogP contribution in [0, 0.1) is 0 Å². The zero-order valence-corrected chi connectivity index (χ0v) is 18.3. The van der Waals surface area contributed by atoms with Gasteiger partial charge in [-0.05, 0) is 49.2 Å². The fourth-order valence-corrected chi connectivity index (χ4v) is 5.29. The lowest BCUT2D eigenvalue weighted by Gasteiger charge is -2.26. The summed E-state index contributed by atoms with van der Waals surface area (Å²) in [7, 11) is -3.58. The lowest BCUT2D eigenvalue weighted by atomic mass is 10.2. The second kappa shape index (κ2) is 9.76. The number of nitrogens with one attached hydrogen (secondary N) is 1. The first-order chi connectivity index (χ1) is 15.0. The number of amides is 1. The van der Waals surface area contributed by atoms with Gasteiger partial charge in [0.2, 0.25) is 10.0 Å². The van der Waals surface area contributed by atoms with Crippen LogP contribution in [0.5, 0.6) is 0 Å². The fourth-order valence-electron chi connectivity index (χ4n) is 3.88. The summed E-state index contributed by atoms with van der Waals surface area (Å²) in [6, 6.07) is 9.76. The maximum Gasteiger partial charge on any atom is 0.256 e. The summed E-state index contributed by atoms with van der Waals surface area (Å²) in [6.45, 7) is 3.53. The summed E-state index contributed by atoms with van der Waals surface area (Å²) < 4.78 is 32.0. The molecule has 1 amide bonds. The van der Waals surface area contributed by atoms with E-state index in [4.69, 9.17) is 4.74 Å². The normalized spacial score (nSPS) is 18.4. The summed E-state index contributed by atoms with van der Waals surface area (Å²) >= 11 is 0. The Hall–Kier alpha value is -2.49. The quantitative estimate of drug-likeness (QED) is 0.763. The Morgan fingerprint density at radius 3 is 2.19 bits per heavy atom. The SMILES string of the molecule is O=C(Nc1ccc(N2CCCCCC2)cn1)c1ccc(S(=O)(=O)N2CCOCC2)cc1. The summed E-state index contributed by atoms with van der Waals surface area (Å²) in [5, 5.41) is 2.78. The highest BCUT2D eigenvalue weighted by Gasteiger charge is 2.26. The van der Waals surface area contributed by atoms with Crippen LogP contribution in [0.4, 0.5) is 11.5 Å². The Bertz CT molecular complexity index is 979. The van der Waals surface area contributed by atoms with Crippen molar-refractivity contribution in [3.8, 4) is 0 Å². The fraction of sp³-hybridized carbons (Fsp3) is 0.455. The third-order valence-electron chi connectivity index (χ3n) is 5.69. The van der Waals surface area contributed by atoms with Crippen LogP contribution in [0.3, 0.4) is 0 Å². The van der Waals surface area contributed by atoms with Crippen LogP contribution in [0.1, 0.15) is 36.0 Å². The van der Waals surface area contributed by atoms with E-state index in [0.717, 1.165) is 18.8 Å². The van der Waals surface area contributed by atoms with Gasteiger partial charge in [0.1, 0.15) is 5.82 Å². The van der Waals surface area contributed by atoms with E-state index < -0.39 is 10.0 Å². The summed E-state index contributed by atoms with van der Waals surface area (Å²) in [4.78, 5) is 19.5. The van der Waals surface area contributed by atoms with E-state index in [-0.39, 0.29) is 10.8 Å². The molecule has 1 N–H and O–H groups in total. The minimum Gasteiger partial charge on any atom is -0.379 e. The minimum absolute atomic E-state index is 0.172. The maximum atomic E-state index is 12.7. The zero-order chi connectivity index (χ0) is 21.7. The number of carbonyl (C=O) groups excluding carboxylic acids is 1. The standard InChI is InChI=1S/C22H28N4O4S/c27-22(24-21-10-7-19(17-23-21)25-11-3-1-2-4-12-25)18-5-8-20(9-6-18)31(28,29)26-13-15-30-16-14-26/h5-10,17H,1-4,11-16H2,(H,23,24,27). The number of rotatable bonds is 5. The number of carbonyl (C=O) groups is 1. The molecular weight excluding hydrogens is 416 g/mol. The third kappa shape index (κ3) is 5.23. The summed E-state index contributed by atoms with van der Waals surface area (Å²) in [5.74, 6) is 0.138. The van der Waals surface area contributed by atoms with Crippen molar-refractivity contribution in [2.75, 3.05) is 49.6 Å². The molecule has 0 aliphatic carbocycles. The van der Waals surface area contributed by atoms with Crippen molar-refractivity contribution >= 4 is 27.4 Å². The zero-order valence-electron chi connectivity index (χ0n) is 17.5. The molecule has 1 aromatic heterocycles. The maximum absolute atomic E-state index is 12.7. The highest BCUT2D eigenvalue weighted by Crippen LogP contribution is 2.21. The van der Waals surface area contributed by atoms with Crippen LogP contribution in [0.2, 0.25) is 0 Å². The van der Waals surface area contributed by atoms with Crippen LogP contribution in [0.15, 0.2) is 47.5 Å². The molecule has 0 saturated carbocycles. The number of pyridine rings is 1. The van der Waals surface area contributed by atoms with Crippen LogP contribution in [-0.4, -0.2) is 63.0 Å². The second-order valence-electron chi connectivity index (χ2n) is 7.80. The van der Waals surface area contributed by atoms with Crippen LogP contribution in [-0.2, 0) is 14.8 Å². The lowest BCUT2D eigenvalue weighted by Crippen LogP contribution is -2.40. The number of benzene rings is 1. The molecule has 2 fully saturated rings. The molecule has 2 aliphatic heterocycles. The largest absolute Gasteiger partial charge is 0.379 e. The molecular formula is C22H28N4O4S. The van der Waals surface area contributed by atoms with E-state index in [1.54, 1.807) is 12.3 Å². The number of hydrogen-bond acceptors (Lipinski definition) is 6. The summed E-state index contributed by atoms with van der Waals surface area (Å²) in [6.07, 6.45) is 6.71. The topological polar surface area (TPSA) is 91.8 Å². The third-order valence-corrected chi connectivity index (χ3v) is 7.60. The van der Waals surface area contributed by atoms with Gasteiger partial charge in [0, 0.05) is 31.7 Å². The smallest absolute Gasteiger partial charge is 0.256 e. The highest BCUT2D eigenvalue weighted by atomic mass is 32.2. The van der Waals surface area contributed by atoms with Gasteiger partial charge in [-0.2, -0.15) is 4.31 Å². The number of ether oxygens (including phenoxy) is 1. The number of hydrogen-bond donors (Lipinski definition) is 1. The van der Waals surface area contributed by atoms with Gasteiger partial charge in [-0.15, -0.1) is 0 Å². The van der Waals surface area contributed by atoms with E-state index in [2.05, 4.69) is 15.2 Å². The Kier molecular flexibility index (Phi) is 6.84. The first kappa shape index (κ1) is 21.7. The number of sulfonamides is 1. The van der Waals surface area contributed by atoms with Gasteiger partial charge >= 0.3 is 0 Å². The van der Waals surface area contributed by atoms with Crippen molar-refractivity contribution in [2.24, 2.45) is 0 Å². The van der Waals surface area contributed by atoms with Crippen LogP contribution >= 0.6 is 0 Å². The molecule has 8 nitrogen and oxygen atoms in total. The van der Waals surface area contributed by atoms with Gasteiger partial charge in [-0.1, -0.05) is 12.8 Å². The number of nitrogens with zero attached hydrogens (tertiary/aromatic N) is 3. The molecule has 2 aromatic rings. The number of aromatic nitrogens is 1. The molecule has 31 heavy (non-hydrogen) atoms. The van der Waals surface area contributed by atoms with Crippen molar-refractivity contribution < 1.29 is 17.9 Å². The molecule has 166 valence electrons. The molecule has 9 heteroatoms. The molecule has 3 heterocycles. The molecule has 0 bridgehead atoms. The Labute approximate surface area is 183 Å². The van der Waals surface area contributed by atoms with Crippen molar-refractivity contribution in [2.45, 2.75) is 30.6 Å². The first-order valence-corrected chi connectivity index (χ1v) is 12.2. The van der Waals surface area contributed by atoms with E-state index >= 15 is 0 Å². The van der Waals surface area contributed by atoms with Crippen molar-refractivity contribution in [1.29, 1.82) is 0 Å². The molecule has 0 unspecified atom stereocenters. The van der Waals surface area contributed by atoms with Crippen molar-refractivity contribution in [3.63, 3.8) is 0 Å². The molecule has 0 radical (unpaired) electrons. The molecule has 2 aliphatic rings. The van der Waals surface area contributed by atoms with Gasteiger partial charge in [-0.3, -0.25) is 4.79 Å². The lowest BCUT2D eigenvalue weighted by molar-refractivity contribution is 0.0730. The van der Waals surface area contributed by atoms with Gasteiger partial charge in [0.25, 0.3) is 5.91 Å². The molecule has 0 atom stereocenters. The number of anilines is 2. The predicted molar refractivity (Wildman–Crippen MR) is 119 cm³/mol. The van der Waals surface area contributed by atoms with E-state index in [9.17, 15) is 13.2 Å². The van der Waals surface area contributed by atoms with E-state index in [1.807, 2.05) is 6.07 Å². The van der Waals surface area contributed by atoms with Crippen LogP contribution in [0.25, 0.3) is 0 Å². The van der Waals surface area contributed by atoms with Gasteiger partial charge < -0.3 is 15.0 Å². The van der Waals surface area contributed by atoms with Crippen molar-refractivity contribution in [1.82, 2.24) is 9.29 Å². The molecule has 0 spiro atoms. The predicted octanol–water partition coefficient (Wildman–Crippen LogP) is 2.74. The Morgan fingerprint density at radius 2 is 1.58 bits per heavy atom. The second-order valence-corrected chi connectivity index (χ2v) is 9.74. The Morgan fingerprint density at radius 1 is 0.903 bits per heavy atom. The summed E-state index contributed by atoms with van der Waals surface area (Å²) in [5.41, 5.74) is 1.44. The van der Waals surface area contributed by atoms with E-state index in [0.29, 0.717) is 37.7 Å². The van der Waals surface area contributed by atoms with E-state index in [1.165, 1.54) is 54.3 Å². The highest BCUT2D eigenvalue weighted by molar-refractivity contribution is 7.89. The minimum atomic E-state index is -3.58. The van der Waals surface area contributed by atoms with Gasteiger partial charge in [0.15, 0.2) is 0 Å². The monoisotopic (exact) mass is 444 g/mol.